The van der Waals surface area contributed by atoms with Crippen molar-refractivity contribution >= 4 is 28.9 Å². The van der Waals surface area contributed by atoms with E-state index in [1.54, 1.807) is 46.4 Å². The van der Waals surface area contributed by atoms with Crippen molar-refractivity contribution in [1.29, 1.82) is 0 Å². The smallest absolute Gasteiger partial charge is 0.274 e. The first-order chi connectivity index (χ1) is 15.6. The predicted octanol–water partition coefficient (Wildman–Crippen LogP) is 4.37. The topological polar surface area (TPSA) is 79.6 Å². The number of nitrogens with one attached hydrogen (secondary N) is 1. The van der Waals surface area contributed by atoms with Crippen LogP contribution in [0.25, 0.3) is 5.52 Å². The number of carbonyl (C=O) groups excluding carboxylic acids is 2. The van der Waals surface area contributed by atoms with Crippen LogP contribution in [0, 0.1) is 11.2 Å². The summed E-state index contributed by atoms with van der Waals surface area (Å²) in [6, 6.07) is 5.81. The number of fused-ring (bicyclic) bond motifs is 1. The van der Waals surface area contributed by atoms with Crippen LogP contribution in [0.1, 0.15) is 50.5 Å². The molecule has 1 N–H and O–H groups in total. The van der Waals surface area contributed by atoms with Crippen molar-refractivity contribution in [2.45, 2.75) is 46.1 Å². The van der Waals surface area contributed by atoms with Crippen molar-refractivity contribution < 1.29 is 14.0 Å². The lowest BCUT2D eigenvalue weighted by atomic mass is 9.91. The molecule has 33 heavy (non-hydrogen) atoms. The van der Waals surface area contributed by atoms with E-state index in [-0.39, 0.29) is 29.1 Å². The van der Waals surface area contributed by atoms with Gasteiger partial charge in [0, 0.05) is 43.0 Å². The van der Waals surface area contributed by atoms with Crippen LogP contribution in [0.15, 0.2) is 49.2 Å². The second kappa shape index (κ2) is 10.7. The molecule has 4 rings (SSSR count). The number of hydrogen-bond donors (Lipinski definition) is 1. The molecular formula is C24H29ClFN5O2. The molecule has 9 heteroatoms. The number of hydrogen-bond acceptors (Lipinski definition) is 4. The molecule has 3 aromatic rings. The average Bonchev–Trinajstić information content (AvgIpc) is 3.21. The molecule has 1 fully saturated rings. The van der Waals surface area contributed by atoms with Crippen LogP contribution in [0.3, 0.4) is 0 Å². The monoisotopic (exact) mass is 473 g/mol. The summed E-state index contributed by atoms with van der Waals surface area (Å²) in [5.41, 5.74) is 1.06. The molecule has 176 valence electrons. The third-order valence-corrected chi connectivity index (χ3v) is 5.33. The van der Waals surface area contributed by atoms with E-state index in [0.717, 1.165) is 12.8 Å². The summed E-state index contributed by atoms with van der Waals surface area (Å²) >= 11 is 5.40. The number of carbonyl (C=O) groups is 2. The van der Waals surface area contributed by atoms with E-state index in [1.807, 2.05) is 20.8 Å². The Morgan fingerprint density at radius 2 is 2.09 bits per heavy atom. The third kappa shape index (κ3) is 7.25. The number of imidazole rings is 1. The highest BCUT2D eigenvalue weighted by molar-refractivity contribution is 6.30. The van der Waals surface area contributed by atoms with E-state index in [0.29, 0.717) is 35.7 Å². The van der Waals surface area contributed by atoms with Crippen molar-refractivity contribution in [3.63, 3.8) is 0 Å². The number of rotatable bonds is 3. The molecule has 7 nitrogen and oxygen atoms in total. The Bertz CT molecular complexity index is 1090. The Hall–Kier alpha value is -3.00. The van der Waals surface area contributed by atoms with Gasteiger partial charge in [-0.3, -0.25) is 9.59 Å². The number of benzene rings is 1. The van der Waals surface area contributed by atoms with Crippen molar-refractivity contribution in [3.8, 4) is 0 Å². The lowest BCUT2D eigenvalue weighted by Crippen LogP contribution is -2.50. The minimum atomic E-state index is -0.294. The molecule has 1 unspecified atom stereocenters. The number of piperidine rings is 1. The quantitative estimate of drug-likeness (QED) is 0.612. The van der Waals surface area contributed by atoms with Crippen LogP contribution in [0.4, 0.5) is 4.39 Å². The summed E-state index contributed by atoms with van der Waals surface area (Å²) in [4.78, 5) is 35.2. The molecule has 1 saturated heterocycles. The maximum Gasteiger partial charge on any atom is 0.274 e. The van der Waals surface area contributed by atoms with Gasteiger partial charge < -0.3 is 14.6 Å². The highest BCUT2D eigenvalue weighted by Crippen LogP contribution is 2.20. The molecule has 2 amide bonds. The van der Waals surface area contributed by atoms with Crippen LogP contribution in [0.2, 0.25) is 5.02 Å². The summed E-state index contributed by atoms with van der Waals surface area (Å²) in [5.74, 6) is -0.360. The summed E-state index contributed by atoms with van der Waals surface area (Å²) in [6.45, 7) is 7.33. The maximum atomic E-state index is 12.9. The van der Waals surface area contributed by atoms with Crippen LogP contribution in [-0.4, -0.2) is 50.2 Å². The third-order valence-electron chi connectivity index (χ3n) is 5.09. The van der Waals surface area contributed by atoms with E-state index >= 15 is 0 Å². The molecule has 1 atom stereocenters. The van der Waals surface area contributed by atoms with Gasteiger partial charge in [-0.05, 0) is 36.5 Å². The minimum absolute atomic E-state index is 0.00260. The standard InChI is InChI=1S/C18H25N5O2.C6H4ClF/c1-18(2,3)9-15(24)21-13-5-4-7-22(11-13)17(25)16-14-10-19-12-23(14)8-6-20-16;7-5-2-1-3-6(8)4-5/h6,8,10,12-13H,4-5,7,9,11H2,1-3H3,(H,21,24);1-4H. The Morgan fingerprint density at radius 1 is 1.30 bits per heavy atom. The van der Waals surface area contributed by atoms with Gasteiger partial charge in [0.15, 0.2) is 5.69 Å². The fourth-order valence-corrected chi connectivity index (χ4v) is 3.84. The number of aromatic nitrogens is 3. The van der Waals surface area contributed by atoms with Crippen LogP contribution >= 0.6 is 11.6 Å². The van der Waals surface area contributed by atoms with Crippen molar-refractivity contribution in [3.05, 3.63) is 65.7 Å². The largest absolute Gasteiger partial charge is 0.352 e. The summed E-state index contributed by atoms with van der Waals surface area (Å²) in [7, 11) is 0. The SMILES string of the molecule is CC(C)(C)CC(=O)NC1CCCN(C(=O)c2nccn3cncc23)C1.Fc1cccc(Cl)c1. The molecule has 0 spiro atoms. The minimum Gasteiger partial charge on any atom is -0.352 e. The molecule has 1 aliphatic rings. The Balaban J connectivity index is 0.000000323. The van der Waals surface area contributed by atoms with E-state index in [9.17, 15) is 14.0 Å². The molecule has 0 aliphatic carbocycles. The van der Waals surface area contributed by atoms with E-state index in [1.165, 1.54) is 12.1 Å². The molecule has 0 saturated carbocycles. The second-order valence-corrected chi connectivity index (χ2v) is 9.73. The average molecular weight is 474 g/mol. The Morgan fingerprint density at radius 3 is 2.76 bits per heavy atom. The van der Waals surface area contributed by atoms with E-state index < -0.39 is 0 Å². The van der Waals surface area contributed by atoms with Gasteiger partial charge >= 0.3 is 0 Å². The van der Waals surface area contributed by atoms with Crippen LogP contribution < -0.4 is 5.32 Å². The Kier molecular flexibility index (Phi) is 8.02. The fraction of sp³-hybridized carbons (Fsp3) is 0.417. The van der Waals surface area contributed by atoms with Gasteiger partial charge in [-0.2, -0.15) is 0 Å². The van der Waals surface area contributed by atoms with Crippen molar-refractivity contribution in [2.24, 2.45) is 5.41 Å². The Labute approximate surface area is 198 Å². The predicted molar refractivity (Wildman–Crippen MR) is 126 cm³/mol. The van der Waals surface area contributed by atoms with Crippen LogP contribution in [-0.2, 0) is 4.79 Å². The zero-order chi connectivity index (χ0) is 24.0. The second-order valence-electron chi connectivity index (χ2n) is 9.30. The van der Waals surface area contributed by atoms with Gasteiger partial charge in [-0.25, -0.2) is 14.4 Å². The number of likely N-dealkylation sites (tertiary alicyclic amines) is 1. The van der Waals surface area contributed by atoms with Gasteiger partial charge in [-0.15, -0.1) is 0 Å². The van der Waals surface area contributed by atoms with E-state index in [2.05, 4.69) is 15.3 Å². The lowest BCUT2D eigenvalue weighted by Gasteiger charge is -2.33. The summed E-state index contributed by atoms with van der Waals surface area (Å²) in [5, 5.41) is 3.51. The summed E-state index contributed by atoms with van der Waals surface area (Å²) in [6.07, 6.45) is 8.91. The van der Waals surface area contributed by atoms with E-state index in [4.69, 9.17) is 11.6 Å². The van der Waals surface area contributed by atoms with Crippen LogP contribution in [0.5, 0.6) is 0 Å². The number of nitrogens with zero attached hydrogens (tertiary/aromatic N) is 4. The zero-order valence-corrected chi connectivity index (χ0v) is 19.8. The number of halogens is 2. The molecular weight excluding hydrogens is 445 g/mol. The van der Waals surface area contributed by atoms with Gasteiger partial charge in [0.2, 0.25) is 5.91 Å². The molecule has 3 heterocycles. The highest BCUT2D eigenvalue weighted by Gasteiger charge is 2.28. The van der Waals surface area contributed by atoms with Gasteiger partial charge in [0.05, 0.1) is 18.0 Å². The first-order valence-corrected chi connectivity index (χ1v) is 11.3. The van der Waals surface area contributed by atoms with Gasteiger partial charge in [0.1, 0.15) is 5.82 Å². The van der Waals surface area contributed by atoms with Crippen molar-refractivity contribution in [2.75, 3.05) is 13.1 Å². The maximum absolute atomic E-state index is 12.9. The molecule has 2 aromatic heterocycles. The first-order valence-electron chi connectivity index (χ1n) is 10.9. The fourth-order valence-electron chi connectivity index (χ4n) is 3.67. The number of amides is 2. The molecule has 0 radical (unpaired) electrons. The lowest BCUT2D eigenvalue weighted by molar-refractivity contribution is -0.123. The van der Waals surface area contributed by atoms with Crippen molar-refractivity contribution in [1.82, 2.24) is 24.6 Å². The normalized spacial score (nSPS) is 16.2. The first kappa shape index (κ1) is 24.6. The van der Waals surface area contributed by atoms with Gasteiger partial charge in [0.25, 0.3) is 5.91 Å². The zero-order valence-electron chi connectivity index (χ0n) is 19.1. The molecule has 0 bridgehead atoms. The summed E-state index contributed by atoms with van der Waals surface area (Å²) < 4.78 is 13.9. The molecule has 1 aliphatic heterocycles. The highest BCUT2D eigenvalue weighted by atomic mass is 35.5. The van der Waals surface area contributed by atoms with Gasteiger partial charge in [-0.1, -0.05) is 38.4 Å². The molecule has 1 aromatic carbocycles.